The number of nitrogens with zero attached hydrogens (tertiary/aromatic N) is 1. The predicted molar refractivity (Wildman–Crippen MR) is 140 cm³/mol. The zero-order valence-corrected chi connectivity index (χ0v) is 21.1. The van der Waals surface area contributed by atoms with Crippen LogP contribution in [0.25, 0.3) is 0 Å². The Morgan fingerprint density at radius 3 is 2.43 bits per heavy atom. The fraction of sp³-hybridized carbons (Fsp3) is 0.310. The number of benzene rings is 3. The molecule has 0 aliphatic carbocycles. The highest BCUT2D eigenvalue weighted by Gasteiger charge is 2.57. The Balaban J connectivity index is 1.17. The molecule has 3 heterocycles. The molecule has 1 spiro atoms. The smallest absolute Gasteiger partial charge is 0.319 e. The van der Waals surface area contributed by atoms with E-state index >= 15 is 0 Å². The van der Waals surface area contributed by atoms with Crippen LogP contribution in [0.15, 0.2) is 60.7 Å². The average Bonchev–Trinajstić information content (AvgIpc) is 3.55. The molecule has 2 N–H and O–H groups in total. The van der Waals surface area contributed by atoms with Gasteiger partial charge in [0, 0.05) is 36.1 Å². The van der Waals surface area contributed by atoms with Crippen molar-refractivity contribution in [3.05, 3.63) is 77.4 Å². The summed E-state index contributed by atoms with van der Waals surface area (Å²) in [6, 6.07) is 18.9. The van der Waals surface area contributed by atoms with Crippen molar-refractivity contribution in [3.8, 4) is 17.2 Å². The van der Waals surface area contributed by atoms with E-state index in [1.54, 1.807) is 11.0 Å². The van der Waals surface area contributed by atoms with E-state index in [2.05, 4.69) is 31.4 Å². The van der Waals surface area contributed by atoms with Gasteiger partial charge in [0.05, 0.1) is 0 Å². The van der Waals surface area contributed by atoms with Crippen molar-refractivity contribution in [1.29, 1.82) is 0 Å². The number of anilines is 2. The first-order valence-corrected chi connectivity index (χ1v) is 12.4. The number of fused-ring (bicyclic) bond motifs is 5. The Kier molecular flexibility index (Phi) is 5.29. The maximum Gasteiger partial charge on any atom is 0.319 e. The van der Waals surface area contributed by atoms with Gasteiger partial charge < -0.3 is 29.7 Å². The molecular formula is C29H29N3O5. The van der Waals surface area contributed by atoms with Crippen molar-refractivity contribution in [2.45, 2.75) is 31.6 Å². The summed E-state index contributed by atoms with van der Waals surface area (Å²) in [5.74, 6) is 1.78. The van der Waals surface area contributed by atoms with Crippen LogP contribution >= 0.6 is 0 Å². The summed E-state index contributed by atoms with van der Waals surface area (Å²) in [6.07, 6.45) is 0. The molecule has 0 bridgehead atoms. The number of carbonyl (C=O) groups excluding carboxylic acids is 2. The number of hydrogen-bond acceptors (Lipinski definition) is 5. The van der Waals surface area contributed by atoms with Gasteiger partial charge in [-0.25, -0.2) is 4.79 Å². The molecule has 8 nitrogen and oxygen atoms in total. The van der Waals surface area contributed by atoms with Crippen molar-refractivity contribution in [3.63, 3.8) is 0 Å². The van der Waals surface area contributed by atoms with Gasteiger partial charge in [-0.2, -0.15) is 0 Å². The minimum Gasteiger partial charge on any atom is -0.491 e. The normalized spacial score (nSPS) is 19.0. The monoisotopic (exact) mass is 499 g/mol. The molecule has 0 radical (unpaired) electrons. The highest BCUT2D eigenvalue weighted by Crippen LogP contribution is 2.54. The second kappa shape index (κ2) is 8.44. The Hall–Kier alpha value is -4.20. The molecule has 3 aromatic rings. The fourth-order valence-corrected chi connectivity index (χ4v) is 5.30. The lowest BCUT2D eigenvalue weighted by atomic mass is 9.77. The van der Waals surface area contributed by atoms with Crippen molar-refractivity contribution < 1.29 is 23.8 Å². The number of nitrogens with one attached hydrogen (secondary N) is 2. The van der Waals surface area contributed by atoms with Crippen LogP contribution in [0.1, 0.15) is 37.5 Å². The average molecular weight is 500 g/mol. The molecule has 3 aliphatic heterocycles. The van der Waals surface area contributed by atoms with E-state index in [4.69, 9.17) is 14.2 Å². The number of rotatable bonds is 4. The summed E-state index contributed by atoms with van der Waals surface area (Å²) in [4.78, 5) is 28.3. The standard InChI is InChI=1S/C29H29N3O5/c1-28(2,3)18-8-10-19(11-9-18)31-27(34)30-12-13-32-22-7-5-4-6-20(22)29(26(32)33)16-35-23-15-25-24(14-21(23)29)36-17-37-25/h4-11,14-15H,12-13,16-17H2,1-3H3,(H2,30,31,34). The van der Waals surface area contributed by atoms with E-state index in [0.717, 1.165) is 16.8 Å². The molecule has 6 rings (SSSR count). The third-order valence-electron chi connectivity index (χ3n) is 7.27. The van der Waals surface area contributed by atoms with Crippen LogP contribution in [-0.2, 0) is 15.6 Å². The molecule has 0 saturated carbocycles. The molecule has 0 aromatic heterocycles. The highest BCUT2D eigenvalue weighted by molar-refractivity contribution is 6.11. The summed E-state index contributed by atoms with van der Waals surface area (Å²) in [5, 5.41) is 5.74. The maximum atomic E-state index is 14.0. The van der Waals surface area contributed by atoms with Crippen LogP contribution in [0.2, 0.25) is 0 Å². The minimum atomic E-state index is -0.954. The maximum absolute atomic E-state index is 14.0. The van der Waals surface area contributed by atoms with Crippen LogP contribution in [0, 0.1) is 0 Å². The first kappa shape index (κ1) is 23.2. The van der Waals surface area contributed by atoms with Gasteiger partial charge >= 0.3 is 6.03 Å². The SMILES string of the molecule is CC(C)(C)c1ccc(NC(=O)NCCN2C(=O)C3(COc4cc5c(cc43)OCO5)c3ccccc32)cc1. The van der Waals surface area contributed by atoms with Crippen molar-refractivity contribution >= 4 is 23.3 Å². The highest BCUT2D eigenvalue weighted by atomic mass is 16.7. The van der Waals surface area contributed by atoms with E-state index in [1.165, 1.54) is 5.56 Å². The third-order valence-corrected chi connectivity index (χ3v) is 7.27. The summed E-state index contributed by atoms with van der Waals surface area (Å²) in [5.41, 5.74) is 3.49. The van der Waals surface area contributed by atoms with E-state index in [-0.39, 0.29) is 37.3 Å². The molecule has 190 valence electrons. The summed E-state index contributed by atoms with van der Waals surface area (Å²) in [7, 11) is 0. The quantitative estimate of drug-likeness (QED) is 0.550. The van der Waals surface area contributed by atoms with Gasteiger partial charge in [-0.05, 0) is 40.8 Å². The van der Waals surface area contributed by atoms with E-state index in [1.807, 2.05) is 54.6 Å². The second-order valence-corrected chi connectivity index (χ2v) is 10.6. The molecule has 3 aromatic carbocycles. The number of hydrogen-bond donors (Lipinski definition) is 2. The van der Waals surface area contributed by atoms with Crippen LogP contribution < -0.4 is 29.7 Å². The van der Waals surface area contributed by atoms with Gasteiger partial charge in [-0.15, -0.1) is 0 Å². The van der Waals surface area contributed by atoms with Crippen molar-refractivity contribution in [2.75, 3.05) is 36.7 Å². The molecule has 37 heavy (non-hydrogen) atoms. The first-order chi connectivity index (χ1) is 17.8. The summed E-state index contributed by atoms with van der Waals surface area (Å²) in [6.45, 7) is 7.41. The summed E-state index contributed by atoms with van der Waals surface area (Å²) >= 11 is 0. The van der Waals surface area contributed by atoms with Gasteiger partial charge in [-0.3, -0.25) is 4.79 Å². The van der Waals surface area contributed by atoms with E-state index in [9.17, 15) is 9.59 Å². The fourth-order valence-electron chi connectivity index (χ4n) is 5.30. The van der Waals surface area contributed by atoms with Gasteiger partial charge in [0.25, 0.3) is 0 Å². The number of carbonyl (C=O) groups is 2. The Labute approximate surface area is 215 Å². The largest absolute Gasteiger partial charge is 0.491 e. The Morgan fingerprint density at radius 1 is 0.946 bits per heavy atom. The zero-order chi connectivity index (χ0) is 25.8. The molecule has 3 aliphatic rings. The van der Waals surface area contributed by atoms with Crippen molar-refractivity contribution in [2.24, 2.45) is 0 Å². The van der Waals surface area contributed by atoms with Crippen LogP contribution in [-0.4, -0.2) is 38.4 Å². The van der Waals surface area contributed by atoms with Crippen LogP contribution in [0.4, 0.5) is 16.2 Å². The first-order valence-electron chi connectivity index (χ1n) is 12.4. The molecule has 0 saturated heterocycles. The van der Waals surface area contributed by atoms with E-state index in [0.29, 0.717) is 29.5 Å². The summed E-state index contributed by atoms with van der Waals surface area (Å²) < 4.78 is 17.1. The lowest BCUT2D eigenvalue weighted by molar-refractivity contribution is -0.122. The number of amides is 3. The van der Waals surface area contributed by atoms with Gasteiger partial charge in [0.15, 0.2) is 11.5 Å². The number of urea groups is 1. The van der Waals surface area contributed by atoms with Gasteiger partial charge in [-0.1, -0.05) is 51.1 Å². The van der Waals surface area contributed by atoms with Crippen LogP contribution in [0.3, 0.4) is 0 Å². The second-order valence-electron chi connectivity index (χ2n) is 10.6. The van der Waals surface area contributed by atoms with Crippen molar-refractivity contribution in [1.82, 2.24) is 5.32 Å². The predicted octanol–water partition coefficient (Wildman–Crippen LogP) is 4.56. The minimum absolute atomic E-state index is 0.0441. The molecule has 1 unspecified atom stereocenters. The molecule has 1 atom stereocenters. The molecule has 0 fully saturated rings. The number of ether oxygens (including phenoxy) is 3. The topological polar surface area (TPSA) is 89.1 Å². The molecule has 3 amide bonds. The van der Waals surface area contributed by atoms with Gasteiger partial charge in [0.1, 0.15) is 17.8 Å². The zero-order valence-electron chi connectivity index (χ0n) is 21.1. The molecular weight excluding hydrogens is 470 g/mol. The number of para-hydroxylation sites is 1. The lowest BCUT2D eigenvalue weighted by Crippen LogP contribution is -2.45. The Bertz CT molecular complexity index is 1400. The third kappa shape index (κ3) is 3.75. The molecule has 8 heteroatoms. The van der Waals surface area contributed by atoms with E-state index < -0.39 is 5.41 Å². The van der Waals surface area contributed by atoms with Gasteiger partial charge in [0.2, 0.25) is 12.7 Å². The Morgan fingerprint density at radius 2 is 1.68 bits per heavy atom. The van der Waals surface area contributed by atoms with Crippen LogP contribution in [0.5, 0.6) is 17.2 Å². The lowest BCUT2D eigenvalue weighted by Gasteiger charge is -2.23.